The fourth-order valence-electron chi connectivity index (χ4n) is 3.24. The largest absolute Gasteiger partial charge is 0.396 e. The van der Waals surface area contributed by atoms with E-state index in [1.165, 1.54) is 0 Å². The molecule has 0 amide bonds. The summed E-state index contributed by atoms with van der Waals surface area (Å²) in [4.78, 5) is 0. The standard InChI is InChI=1S/C11H22O/c1-9(2,7-12)8-10(3,4)11(8,5)6/h8,12H,7H2,1-6H3. The summed E-state index contributed by atoms with van der Waals surface area (Å²) in [7, 11) is 0. The second-order valence-electron chi connectivity index (χ2n) is 6.02. The third-order valence-electron chi connectivity index (χ3n) is 4.21. The number of rotatable bonds is 2. The SMILES string of the molecule is CC(C)(CO)C1C(C)(C)C1(C)C. The van der Waals surface area contributed by atoms with Gasteiger partial charge in [0.15, 0.2) is 0 Å². The van der Waals surface area contributed by atoms with Gasteiger partial charge < -0.3 is 5.11 Å². The molecule has 0 radical (unpaired) electrons. The van der Waals surface area contributed by atoms with Gasteiger partial charge >= 0.3 is 0 Å². The Bertz CT molecular complexity index is 175. The van der Waals surface area contributed by atoms with E-state index in [4.69, 9.17) is 0 Å². The molecule has 0 aromatic carbocycles. The molecule has 0 aromatic heterocycles. The molecule has 12 heavy (non-hydrogen) atoms. The minimum absolute atomic E-state index is 0.0764. The molecule has 0 heterocycles. The highest BCUT2D eigenvalue weighted by molar-refractivity contribution is 5.16. The zero-order valence-corrected chi connectivity index (χ0v) is 9.23. The molecule has 0 aromatic rings. The van der Waals surface area contributed by atoms with Crippen LogP contribution in [0.25, 0.3) is 0 Å². The van der Waals surface area contributed by atoms with E-state index in [2.05, 4.69) is 41.5 Å². The van der Waals surface area contributed by atoms with Gasteiger partial charge in [-0.25, -0.2) is 0 Å². The molecule has 1 rings (SSSR count). The van der Waals surface area contributed by atoms with Crippen LogP contribution in [-0.4, -0.2) is 11.7 Å². The van der Waals surface area contributed by atoms with Crippen LogP contribution in [0.4, 0.5) is 0 Å². The van der Waals surface area contributed by atoms with E-state index in [-0.39, 0.29) is 5.41 Å². The second kappa shape index (κ2) is 2.25. The lowest BCUT2D eigenvalue weighted by molar-refractivity contribution is 0.117. The van der Waals surface area contributed by atoms with Crippen molar-refractivity contribution in [3.05, 3.63) is 0 Å². The maximum atomic E-state index is 9.27. The van der Waals surface area contributed by atoms with Crippen LogP contribution in [0.3, 0.4) is 0 Å². The van der Waals surface area contributed by atoms with Gasteiger partial charge in [-0.15, -0.1) is 0 Å². The average molecular weight is 170 g/mol. The molecular weight excluding hydrogens is 148 g/mol. The summed E-state index contributed by atoms with van der Waals surface area (Å²) in [6.07, 6.45) is 0. The van der Waals surface area contributed by atoms with Crippen LogP contribution in [0.15, 0.2) is 0 Å². The highest BCUT2D eigenvalue weighted by Crippen LogP contribution is 2.73. The van der Waals surface area contributed by atoms with Gasteiger partial charge in [0, 0.05) is 6.61 Å². The zero-order valence-electron chi connectivity index (χ0n) is 9.23. The van der Waals surface area contributed by atoms with Gasteiger partial charge in [0.2, 0.25) is 0 Å². The van der Waals surface area contributed by atoms with Crippen LogP contribution in [0.2, 0.25) is 0 Å². The lowest BCUT2D eigenvalue weighted by atomic mass is 9.83. The van der Waals surface area contributed by atoms with E-state index in [9.17, 15) is 5.11 Å². The first kappa shape index (κ1) is 10.0. The topological polar surface area (TPSA) is 20.2 Å². The monoisotopic (exact) mass is 170 g/mol. The summed E-state index contributed by atoms with van der Waals surface area (Å²) in [5.74, 6) is 0.641. The summed E-state index contributed by atoms with van der Waals surface area (Å²) in [6.45, 7) is 13.8. The Hall–Kier alpha value is -0.0400. The maximum Gasteiger partial charge on any atom is 0.0485 e. The first-order valence-electron chi connectivity index (χ1n) is 4.79. The van der Waals surface area contributed by atoms with Gasteiger partial charge in [-0.3, -0.25) is 0 Å². The maximum absolute atomic E-state index is 9.27. The van der Waals surface area contributed by atoms with Gasteiger partial charge in [-0.2, -0.15) is 0 Å². The molecule has 1 saturated carbocycles. The minimum atomic E-state index is 0.0764. The quantitative estimate of drug-likeness (QED) is 0.675. The third kappa shape index (κ3) is 1.02. The molecule has 1 aliphatic carbocycles. The molecule has 1 heteroatoms. The van der Waals surface area contributed by atoms with Crippen molar-refractivity contribution < 1.29 is 5.11 Å². The molecule has 72 valence electrons. The molecule has 1 nitrogen and oxygen atoms in total. The summed E-state index contributed by atoms with van der Waals surface area (Å²) < 4.78 is 0. The van der Waals surface area contributed by atoms with Crippen LogP contribution < -0.4 is 0 Å². The van der Waals surface area contributed by atoms with Gasteiger partial charge in [-0.05, 0) is 22.2 Å². The van der Waals surface area contributed by atoms with Crippen LogP contribution >= 0.6 is 0 Å². The minimum Gasteiger partial charge on any atom is -0.396 e. The number of aliphatic hydroxyl groups is 1. The Balaban J connectivity index is 2.84. The summed E-state index contributed by atoms with van der Waals surface area (Å²) in [6, 6.07) is 0. The predicted octanol–water partition coefficient (Wildman–Crippen LogP) is 2.69. The number of hydrogen-bond acceptors (Lipinski definition) is 1. The van der Waals surface area contributed by atoms with Gasteiger partial charge in [0.1, 0.15) is 0 Å². The number of aliphatic hydroxyl groups excluding tert-OH is 1. The average Bonchev–Trinajstić information content (AvgIpc) is 2.25. The lowest BCUT2D eigenvalue weighted by Gasteiger charge is -2.24. The Kier molecular flexibility index (Phi) is 1.89. The highest BCUT2D eigenvalue weighted by Gasteiger charge is 2.69. The van der Waals surface area contributed by atoms with E-state index in [1.54, 1.807) is 0 Å². The zero-order chi connectivity index (χ0) is 9.78. The van der Waals surface area contributed by atoms with E-state index < -0.39 is 0 Å². The molecule has 0 spiro atoms. The van der Waals surface area contributed by atoms with Gasteiger partial charge in [0.05, 0.1) is 0 Å². The fraction of sp³-hybridized carbons (Fsp3) is 1.00. The summed E-state index contributed by atoms with van der Waals surface area (Å²) >= 11 is 0. The molecule has 0 saturated heterocycles. The second-order valence-corrected chi connectivity index (χ2v) is 6.02. The van der Waals surface area contributed by atoms with Crippen molar-refractivity contribution in [2.24, 2.45) is 22.2 Å². The predicted molar refractivity (Wildman–Crippen MR) is 51.9 cm³/mol. The van der Waals surface area contributed by atoms with Crippen LogP contribution in [0.5, 0.6) is 0 Å². The van der Waals surface area contributed by atoms with Crippen LogP contribution in [0, 0.1) is 22.2 Å². The van der Waals surface area contributed by atoms with Crippen LogP contribution in [0.1, 0.15) is 41.5 Å². The van der Waals surface area contributed by atoms with E-state index >= 15 is 0 Å². The summed E-state index contributed by atoms with van der Waals surface area (Å²) in [5.41, 5.74) is 0.853. The van der Waals surface area contributed by atoms with Crippen molar-refractivity contribution in [1.29, 1.82) is 0 Å². The van der Waals surface area contributed by atoms with Crippen LogP contribution in [-0.2, 0) is 0 Å². The first-order chi connectivity index (χ1) is 5.18. The molecule has 0 bridgehead atoms. The highest BCUT2D eigenvalue weighted by atomic mass is 16.3. The van der Waals surface area contributed by atoms with Crippen molar-refractivity contribution in [3.63, 3.8) is 0 Å². The van der Waals surface area contributed by atoms with Crippen molar-refractivity contribution >= 4 is 0 Å². The first-order valence-corrected chi connectivity index (χ1v) is 4.79. The van der Waals surface area contributed by atoms with Gasteiger partial charge in [-0.1, -0.05) is 41.5 Å². The van der Waals surface area contributed by atoms with Crippen molar-refractivity contribution in [2.75, 3.05) is 6.61 Å². The van der Waals surface area contributed by atoms with Crippen molar-refractivity contribution in [2.45, 2.75) is 41.5 Å². The third-order valence-corrected chi connectivity index (χ3v) is 4.21. The summed E-state index contributed by atoms with van der Waals surface area (Å²) in [5, 5.41) is 9.27. The van der Waals surface area contributed by atoms with Gasteiger partial charge in [0.25, 0.3) is 0 Å². The molecular formula is C11H22O. The smallest absolute Gasteiger partial charge is 0.0485 e. The molecule has 0 aliphatic heterocycles. The Morgan fingerprint density at radius 1 is 1.08 bits per heavy atom. The van der Waals surface area contributed by atoms with E-state index in [0.29, 0.717) is 23.4 Å². The van der Waals surface area contributed by atoms with E-state index in [1.807, 2.05) is 0 Å². The molecule has 1 N–H and O–H groups in total. The lowest BCUT2D eigenvalue weighted by Crippen LogP contribution is -2.23. The fourth-order valence-corrected chi connectivity index (χ4v) is 3.24. The Morgan fingerprint density at radius 2 is 1.42 bits per heavy atom. The Labute approximate surface area is 76.2 Å². The Morgan fingerprint density at radius 3 is 1.50 bits per heavy atom. The molecule has 0 atom stereocenters. The molecule has 1 aliphatic rings. The molecule has 0 unspecified atom stereocenters. The number of hydrogen-bond donors (Lipinski definition) is 1. The molecule has 1 fully saturated rings. The van der Waals surface area contributed by atoms with Crippen molar-refractivity contribution in [1.82, 2.24) is 0 Å². The van der Waals surface area contributed by atoms with E-state index in [0.717, 1.165) is 0 Å². The normalized spacial score (nSPS) is 27.2. The van der Waals surface area contributed by atoms with Crippen molar-refractivity contribution in [3.8, 4) is 0 Å².